The van der Waals surface area contributed by atoms with Gasteiger partial charge in [0.2, 0.25) is 0 Å². The number of allylic oxidation sites excluding steroid dienone is 14. The molecule has 0 spiro atoms. The number of aliphatic hydroxyl groups is 7. The quantitative estimate of drug-likeness (QED) is 0.0179. The van der Waals surface area contributed by atoms with E-state index in [-0.39, 0.29) is 19.4 Å². The van der Waals surface area contributed by atoms with E-state index in [1.165, 1.54) is 0 Å². The van der Waals surface area contributed by atoms with E-state index in [2.05, 4.69) is 62.5 Å². The first kappa shape index (κ1) is 57.8. The molecule has 0 aromatic rings. The van der Waals surface area contributed by atoms with Crippen molar-refractivity contribution >= 4 is 11.9 Å². The summed E-state index contributed by atoms with van der Waals surface area (Å²) in [5.41, 5.74) is 0. The number of hydrogen-bond donors (Lipinski definition) is 7. The maximum atomic E-state index is 12.9. The normalized spacial score (nSPS) is 27.2. The number of aliphatic hydroxyl groups excluding tert-OH is 7. The van der Waals surface area contributed by atoms with Gasteiger partial charge in [0, 0.05) is 12.8 Å². The van der Waals surface area contributed by atoms with Gasteiger partial charge in [-0.25, -0.2) is 0 Å². The highest BCUT2D eigenvalue weighted by Gasteiger charge is 2.47. The van der Waals surface area contributed by atoms with E-state index in [1.807, 2.05) is 36.5 Å². The second kappa shape index (κ2) is 36.8. The Morgan fingerprint density at radius 3 is 1.65 bits per heavy atom. The summed E-state index contributed by atoms with van der Waals surface area (Å²) in [6.45, 7) is 2.24. The fraction of sp³-hybridized carbons (Fsp3) is 0.680. The van der Waals surface area contributed by atoms with Gasteiger partial charge < -0.3 is 64.2 Å². The van der Waals surface area contributed by atoms with Gasteiger partial charge in [-0.05, 0) is 64.2 Å². The van der Waals surface area contributed by atoms with E-state index in [1.54, 1.807) is 0 Å². The molecule has 5 unspecified atom stereocenters. The van der Waals surface area contributed by atoms with Gasteiger partial charge in [0.05, 0.1) is 19.8 Å². The molecule has 15 heteroatoms. The molecule has 2 rings (SSSR count). The molecule has 11 atom stereocenters. The molecule has 0 radical (unpaired) electrons. The molecule has 0 bridgehead atoms. The van der Waals surface area contributed by atoms with Gasteiger partial charge in [0.15, 0.2) is 18.7 Å². The molecule has 0 aromatic heterocycles. The Balaban J connectivity index is 1.86. The molecule has 0 aliphatic carbocycles. The number of carbonyl (C=O) groups is 2. The zero-order valence-corrected chi connectivity index (χ0v) is 38.7. The van der Waals surface area contributed by atoms with Crippen LogP contribution in [0.1, 0.15) is 123 Å². The van der Waals surface area contributed by atoms with Crippen molar-refractivity contribution in [2.45, 2.75) is 191 Å². The highest BCUT2D eigenvalue weighted by Crippen LogP contribution is 2.26. The summed E-state index contributed by atoms with van der Waals surface area (Å²) >= 11 is 0. The standard InChI is InChI=1S/C50H80O15/c1-3-5-7-9-11-13-15-17-18-19-21-22-24-26-28-30-32-41(52)60-35-38(63-42(53)33-31-29-27-25-23-20-16-14-12-10-8-6-4-2)36-61-49-48(59)46(57)44(55)40(65-49)37-62-50-47(58)45(56)43(54)39(34-51)64-50/h5-8,10-14,16-18,20,23,38-40,43-51,54-59H,3-4,9,15,19,21-22,24-37H2,1-2H3/b7-5+,8-6+,12-10+,13-11+,16-14+,18-17+,23-20+/t38?,39-,40-,43+,44+,45?,46?,47?,48?,49-,50-/m1/s1. The van der Waals surface area contributed by atoms with Crippen molar-refractivity contribution in [2.24, 2.45) is 0 Å². The zero-order valence-electron chi connectivity index (χ0n) is 38.7. The van der Waals surface area contributed by atoms with Crippen molar-refractivity contribution in [3.8, 4) is 0 Å². The number of carbonyl (C=O) groups excluding carboxylic acids is 2. The SMILES string of the molecule is CC/C=C/C=C/C=C/C=C/CCCCCC(=O)OC(COC(=O)CCCCCCCC/C=C/C/C=C/C/C=C/CC)CO[C@@H]1O[C@H](CO[C@@H]2O[C@H](CO)[C@H](O)C(O)C2O)[C@H](O)C(O)C1O. The van der Waals surface area contributed by atoms with Gasteiger partial charge in [0.1, 0.15) is 55.4 Å². The third kappa shape index (κ3) is 25.4. The van der Waals surface area contributed by atoms with Gasteiger partial charge in [-0.15, -0.1) is 0 Å². The van der Waals surface area contributed by atoms with Crippen LogP contribution < -0.4 is 0 Å². The van der Waals surface area contributed by atoms with E-state index in [9.17, 15) is 45.3 Å². The largest absolute Gasteiger partial charge is 0.462 e. The maximum absolute atomic E-state index is 12.9. The van der Waals surface area contributed by atoms with Gasteiger partial charge in [-0.1, -0.05) is 131 Å². The lowest BCUT2D eigenvalue weighted by Gasteiger charge is -2.42. The summed E-state index contributed by atoms with van der Waals surface area (Å²) in [6.07, 6.45) is 26.2. The minimum absolute atomic E-state index is 0.111. The van der Waals surface area contributed by atoms with Crippen LogP contribution in [-0.4, -0.2) is 142 Å². The lowest BCUT2D eigenvalue weighted by molar-refractivity contribution is -0.332. The highest BCUT2D eigenvalue weighted by molar-refractivity contribution is 5.70. The molecule has 0 saturated carbocycles. The van der Waals surface area contributed by atoms with Crippen LogP contribution in [0, 0.1) is 0 Å². The predicted molar refractivity (Wildman–Crippen MR) is 247 cm³/mol. The van der Waals surface area contributed by atoms with Gasteiger partial charge in [-0.3, -0.25) is 9.59 Å². The highest BCUT2D eigenvalue weighted by atomic mass is 16.7. The number of hydrogen-bond acceptors (Lipinski definition) is 15. The molecule has 2 aliphatic heterocycles. The molecule has 2 fully saturated rings. The molecule has 15 nitrogen and oxygen atoms in total. The van der Waals surface area contributed by atoms with E-state index >= 15 is 0 Å². The molecule has 65 heavy (non-hydrogen) atoms. The maximum Gasteiger partial charge on any atom is 0.306 e. The van der Waals surface area contributed by atoms with Crippen LogP contribution in [0.5, 0.6) is 0 Å². The zero-order chi connectivity index (χ0) is 47.5. The summed E-state index contributed by atoms with van der Waals surface area (Å²) in [6, 6.07) is 0. The minimum atomic E-state index is -1.78. The van der Waals surface area contributed by atoms with Crippen molar-refractivity contribution in [3.05, 3.63) is 85.1 Å². The molecule has 2 saturated heterocycles. The monoisotopic (exact) mass is 921 g/mol. The number of ether oxygens (including phenoxy) is 6. The van der Waals surface area contributed by atoms with Crippen LogP contribution in [0.25, 0.3) is 0 Å². The average Bonchev–Trinajstić information content (AvgIpc) is 3.30. The van der Waals surface area contributed by atoms with Gasteiger partial charge >= 0.3 is 11.9 Å². The fourth-order valence-electron chi connectivity index (χ4n) is 6.83. The Morgan fingerprint density at radius 1 is 0.508 bits per heavy atom. The van der Waals surface area contributed by atoms with Crippen molar-refractivity contribution in [1.29, 1.82) is 0 Å². The van der Waals surface area contributed by atoms with Crippen molar-refractivity contribution in [2.75, 3.05) is 26.4 Å². The Bertz CT molecular complexity index is 1460. The summed E-state index contributed by atoms with van der Waals surface area (Å²) in [5, 5.41) is 71.9. The minimum Gasteiger partial charge on any atom is -0.462 e. The number of rotatable bonds is 34. The number of unbranched alkanes of at least 4 members (excludes halogenated alkanes) is 9. The van der Waals surface area contributed by atoms with Crippen LogP contribution in [0.3, 0.4) is 0 Å². The van der Waals surface area contributed by atoms with E-state index in [0.717, 1.165) is 83.5 Å². The first-order chi connectivity index (χ1) is 31.5. The molecule has 370 valence electrons. The molecular weight excluding hydrogens is 841 g/mol. The third-order valence-corrected chi connectivity index (χ3v) is 10.7. The molecule has 7 N–H and O–H groups in total. The average molecular weight is 921 g/mol. The van der Waals surface area contributed by atoms with Crippen molar-refractivity contribution < 1.29 is 73.8 Å². The molecule has 0 aromatic carbocycles. The first-order valence-electron chi connectivity index (χ1n) is 23.7. The first-order valence-corrected chi connectivity index (χ1v) is 23.7. The second-order valence-corrected chi connectivity index (χ2v) is 16.3. The topological polar surface area (TPSA) is 231 Å². The van der Waals surface area contributed by atoms with Gasteiger partial charge in [-0.2, -0.15) is 0 Å². The molecule has 2 aliphatic rings. The second-order valence-electron chi connectivity index (χ2n) is 16.3. The smallest absolute Gasteiger partial charge is 0.306 e. The molecule has 2 heterocycles. The number of esters is 2. The fourth-order valence-corrected chi connectivity index (χ4v) is 6.83. The summed E-state index contributed by atoms with van der Waals surface area (Å²) in [5.74, 6) is -0.997. The summed E-state index contributed by atoms with van der Waals surface area (Å²) < 4.78 is 33.4. The Kier molecular flexibility index (Phi) is 32.7. The molecule has 0 amide bonds. The third-order valence-electron chi connectivity index (χ3n) is 10.7. The van der Waals surface area contributed by atoms with Crippen LogP contribution in [-0.2, 0) is 38.0 Å². The Morgan fingerprint density at radius 2 is 1.00 bits per heavy atom. The van der Waals surface area contributed by atoms with E-state index in [0.29, 0.717) is 12.8 Å². The van der Waals surface area contributed by atoms with E-state index < -0.39 is 99.3 Å². The summed E-state index contributed by atoms with van der Waals surface area (Å²) in [4.78, 5) is 25.7. The van der Waals surface area contributed by atoms with Crippen LogP contribution in [0.2, 0.25) is 0 Å². The lowest BCUT2D eigenvalue weighted by atomic mass is 9.98. The van der Waals surface area contributed by atoms with Crippen molar-refractivity contribution in [3.63, 3.8) is 0 Å². The Hall–Kier alpha value is -3.32. The lowest BCUT2D eigenvalue weighted by Crippen LogP contribution is -2.61. The van der Waals surface area contributed by atoms with E-state index in [4.69, 9.17) is 28.4 Å². The van der Waals surface area contributed by atoms with Gasteiger partial charge in [0.25, 0.3) is 0 Å². The van der Waals surface area contributed by atoms with Crippen LogP contribution in [0.4, 0.5) is 0 Å². The van der Waals surface area contributed by atoms with Crippen LogP contribution >= 0.6 is 0 Å². The van der Waals surface area contributed by atoms with Crippen molar-refractivity contribution in [1.82, 2.24) is 0 Å². The summed E-state index contributed by atoms with van der Waals surface area (Å²) in [7, 11) is 0. The molecular formula is C50H80O15. The Labute approximate surface area is 386 Å². The van der Waals surface area contributed by atoms with Crippen LogP contribution in [0.15, 0.2) is 85.1 Å². The predicted octanol–water partition coefficient (Wildman–Crippen LogP) is 5.65.